The van der Waals surface area contributed by atoms with Gasteiger partial charge >= 0.3 is 0 Å². The van der Waals surface area contributed by atoms with Crippen molar-refractivity contribution in [3.8, 4) is 0 Å². The summed E-state index contributed by atoms with van der Waals surface area (Å²) >= 11 is 0. The zero-order valence-corrected chi connectivity index (χ0v) is 16.2. The summed E-state index contributed by atoms with van der Waals surface area (Å²) in [5, 5.41) is -0.355. The number of carbonyl (C=O) groups is 1. The van der Waals surface area contributed by atoms with Crippen LogP contribution in [0.3, 0.4) is 0 Å². The third-order valence-corrected chi connectivity index (χ3v) is 8.10. The van der Waals surface area contributed by atoms with Crippen molar-refractivity contribution in [2.75, 3.05) is 57.4 Å². The van der Waals surface area contributed by atoms with Crippen LogP contribution in [-0.4, -0.2) is 86.2 Å². The van der Waals surface area contributed by atoms with Gasteiger partial charge in [-0.1, -0.05) is 0 Å². The third-order valence-electron chi connectivity index (χ3n) is 5.77. The van der Waals surface area contributed by atoms with Crippen molar-refractivity contribution in [3.05, 3.63) is 24.5 Å². The second-order valence-corrected chi connectivity index (χ2v) is 9.60. The highest BCUT2D eigenvalue weighted by Crippen LogP contribution is 2.28. The lowest BCUT2D eigenvalue weighted by molar-refractivity contribution is -0.139. The van der Waals surface area contributed by atoms with Crippen molar-refractivity contribution in [1.82, 2.24) is 14.2 Å². The van der Waals surface area contributed by atoms with Gasteiger partial charge in [-0.15, -0.1) is 0 Å². The van der Waals surface area contributed by atoms with Crippen LogP contribution in [0.15, 0.2) is 24.5 Å². The Morgan fingerprint density at radius 2 is 1.67 bits per heavy atom. The minimum atomic E-state index is -3.30. The van der Waals surface area contributed by atoms with Crippen LogP contribution in [0.2, 0.25) is 0 Å². The van der Waals surface area contributed by atoms with Crippen molar-refractivity contribution < 1.29 is 17.9 Å². The van der Waals surface area contributed by atoms with Gasteiger partial charge in [0, 0.05) is 70.6 Å². The number of rotatable bonds is 4. The summed E-state index contributed by atoms with van der Waals surface area (Å²) in [5.74, 6) is -0.116. The van der Waals surface area contributed by atoms with Gasteiger partial charge in [0.15, 0.2) is 0 Å². The molecular formula is C18H26N4O4S. The molecule has 0 atom stereocenters. The molecule has 0 unspecified atom stereocenters. The van der Waals surface area contributed by atoms with Gasteiger partial charge in [0.05, 0.1) is 11.2 Å². The van der Waals surface area contributed by atoms with Crippen molar-refractivity contribution in [3.63, 3.8) is 0 Å². The number of hydrogen-bond donors (Lipinski definition) is 0. The Labute approximate surface area is 160 Å². The first-order valence-corrected chi connectivity index (χ1v) is 11.1. The van der Waals surface area contributed by atoms with E-state index in [2.05, 4.69) is 9.88 Å². The van der Waals surface area contributed by atoms with Gasteiger partial charge in [-0.2, -0.15) is 4.31 Å². The lowest BCUT2D eigenvalue weighted by Gasteiger charge is -2.43. The van der Waals surface area contributed by atoms with Gasteiger partial charge in [0.2, 0.25) is 15.9 Å². The van der Waals surface area contributed by atoms with Crippen LogP contribution in [0.25, 0.3) is 0 Å². The number of carbonyl (C=O) groups excluding carboxylic acids is 1. The Hall–Kier alpha value is -1.71. The molecule has 3 saturated heterocycles. The Balaban J connectivity index is 1.27. The van der Waals surface area contributed by atoms with Gasteiger partial charge in [0.1, 0.15) is 0 Å². The number of anilines is 1. The predicted molar refractivity (Wildman–Crippen MR) is 101 cm³/mol. The molecule has 0 bridgehead atoms. The fourth-order valence-corrected chi connectivity index (χ4v) is 5.97. The van der Waals surface area contributed by atoms with E-state index in [1.165, 1.54) is 4.31 Å². The van der Waals surface area contributed by atoms with Crippen molar-refractivity contribution in [1.29, 1.82) is 0 Å². The first-order valence-electron chi connectivity index (χ1n) is 9.56. The molecule has 1 aromatic heterocycles. The second-order valence-electron chi connectivity index (χ2n) is 7.39. The fourth-order valence-electron chi connectivity index (χ4n) is 3.98. The third kappa shape index (κ3) is 3.81. The van der Waals surface area contributed by atoms with Gasteiger partial charge in [-0.05, 0) is 25.0 Å². The average Bonchev–Trinajstić information content (AvgIpc) is 2.68. The Kier molecular flexibility index (Phi) is 5.34. The molecule has 0 N–H and O–H groups in total. The number of hydrogen-bond acceptors (Lipinski definition) is 6. The van der Waals surface area contributed by atoms with Gasteiger partial charge in [-0.25, -0.2) is 8.42 Å². The summed E-state index contributed by atoms with van der Waals surface area (Å²) in [6, 6.07) is 3.95. The van der Waals surface area contributed by atoms with Crippen molar-refractivity contribution >= 4 is 21.6 Å². The highest BCUT2D eigenvalue weighted by atomic mass is 32.2. The number of pyridine rings is 1. The quantitative estimate of drug-likeness (QED) is 0.724. The topological polar surface area (TPSA) is 83.0 Å². The van der Waals surface area contributed by atoms with Crippen LogP contribution in [0.5, 0.6) is 0 Å². The fraction of sp³-hybridized carbons (Fsp3) is 0.667. The summed E-state index contributed by atoms with van der Waals surface area (Å²) in [6.07, 6.45) is 4.65. The summed E-state index contributed by atoms with van der Waals surface area (Å²) in [4.78, 5) is 20.9. The maximum Gasteiger partial charge on any atom is 0.228 e. The summed E-state index contributed by atoms with van der Waals surface area (Å²) < 4.78 is 32.0. The largest absolute Gasteiger partial charge is 0.381 e. The molecule has 4 heterocycles. The molecule has 0 spiro atoms. The minimum absolute atomic E-state index is 0.0859. The highest BCUT2D eigenvalue weighted by Gasteiger charge is 2.44. The molecule has 4 rings (SSSR count). The van der Waals surface area contributed by atoms with E-state index >= 15 is 0 Å². The molecular weight excluding hydrogens is 368 g/mol. The monoisotopic (exact) mass is 394 g/mol. The lowest BCUT2D eigenvalue weighted by atomic mass is 10.0. The van der Waals surface area contributed by atoms with Crippen molar-refractivity contribution in [2.45, 2.75) is 18.1 Å². The molecule has 27 heavy (non-hydrogen) atoms. The van der Waals surface area contributed by atoms with Crippen LogP contribution in [0.1, 0.15) is 12.8 Å². The Morgan fingerprint density at radius 3 is 2.30 bits per heavy atom. The molecule has 0 aromatic carbocycles. The number of sulfonamides is 1. The van der Waals surface area contributed by atoms with Crippen LogP contribution in [0, 0.1) is 5.92 Å². The Bertz CT molecular complexity index is 753. The van der Waals surface area contributed by atoms with E-state index < -0.39 is 10.0 Å². The maximum atomic E-state index is 12.7. The molecule has 3 aliphatic heterocycles. The molecule has 0 aliphatic carbocycles. The van der Waals surface area contributed by atoms with Crippen LogP contribution in [0.4, 0.5) is 5.69 Å². The van der Waals surface area contributed by atoms with E-state index in [1.54, 1.807) is 12.4 Å². The molecule has 3 fully saturated rings. The molecule has 1 aromatic rings. The zero-order chi connectivity index (χ0) is 18.9. The van der Waals surface area contributed by atoms with E-state index in [9.17, 15) is 13.2 Å². The predicted octanol–water partition coefficient (Wildman–Crippen LogP) is 0.171. The van der Waals surface area contributed by atoms with E-state index in [0.717, 1.165) is 18.8 Å². The van der Waals surface area contributed by atoms with Crippen LogP contribution >= 0.6 is 0 Å². The van der Waals surface area contributed by atoms with Gasteiger partial charge in [-0.3, -0.25) is 9.78 Å². The summed E-state index contributed by atoms with van der Waals surface area (Å²) in [5.41, 5.74) is 1.12. The first kappa shape index (κ1) is 18.6. The van der Waals surface area contributed by atoms with Gasteiger partial charge < -0.3 is 14.5 Å². The number of nitrogens with zero attached hydrogens (tertiary/aromatic N) is 4. The van der Waals surface area contributed by atoms with E-state index in [0.29, 0.717) is 52.2 Å². The molecule has 1 amide bonds. The highest BCUT2D eigenvalue weighted by molar-refractivity contribution is 7.89. The lowest BCUT2D eigenvalue weighted by Crippen LogP contribution is -2.60. The minimum Gasteiger partial charge on any atom is -0.381 e. The molecule has 0 radical (unpaired) electrons. The number of piperazine rings is 1. The van der Waals surface area contributed by atoms with Crippen molar-refractivity contribution in [2.24, 2.45) is 5.92 Å². The van der Waals surface area contributed by atoms with Crippen LogP contribution in [-0.2, 0) is 19.6 Å². The number of amides is 1. The number of aromatic nitrogens is 1. The molecule has 8 nitrogen and oxygen atoms in total. The van der Waals surface area contributed by atoms with E-state index in [4.69, 9.17) is 4.74 Å². The van der Waals surface area contributed by atoms with E-state index in [1.807, 2.05) is 17.0 Å². The second kappa shape index (κ2) is 7.73. The standard InChI is InChI=1S/C18H26N4O4S/c23-18(21-9-7-20(8-10-21)16-1-5-19-6-2-16)15-13-22(14-15)27(24,25)17-3-11-26-12-4-17/h1-2,5-6,15,17H,3-4,7-14H2. The smallest absolute Gasteiger partial charge is 0.228 e. The van der Waals surface area contributed by atoms with E-state index in [-0.39, 0.29) is 17.1 Å². The first-order chi connectivity index (χ1) is 13.1. The summed E-state index contributed by atoms with van der Waals surface area (Å²) in [7, 11) is -3.30. The average molecular weight is 394 g/mol. The zero-order valence-electron chi connectivity index (χ0n) is 15.4. The molecule has 0 saturated carbocycles. The van der Waals surface area contributed by atoms with Crippen LogP contribution < -0.4 is 4.90 Å². The summed E-state index contributed by atoms with van der Waals surface area (Å²) in [6.45, 7) is 4.56. The van der Waals surface area contributed by atoms with Gasteiger partial charge in [0.25, 0.3) is 0 Å². The molecule has 9 heteroatoms. The molecule has 3 aliphatic rings. The SMILES string of the molecule is O=C(C1CN(S(=O)(=O)C2CCOCC2)C1)N1CCN(c2ccncc2)CC1. The Morgan fingerprint density at radius 1 is 1.04 bits per heavy atom. The normalized spacial score (nSPS) is 23.3. The molecule has 148 valence electrons. The maximum absolute atomic E-state index is 12.7. The number of ether oxygens (including phenoxy) is 1.